The number of guanidine groups is 1. The van der Waals surface area contributed by atoms with Gasteiger partial charge in [-0.25, -0.2) is 15.0 Å². The normalized spacial score (nSPS) is 11.6. The van der Waals surface area contributed by atoms with Crippen LogP contribution in [-0.2, 0) is 13.1 Å². The second-order valence-electron chi connectivity index (χ2n) is 5.91. The standard InChI is InChI=1S/C19H24N6S/c1-4-20-19(23-12-18-24-13(2)14(3)26-18)22-11-17-21-10-16(25-17)15-8-6-5-7-9-15/h5-10H,4,11-12H2,1-3H3,(H,21,25)(H2,20,22,23). The van der Waals surface area contributed by atoms with Crippen LogP contribution in [0.3, 0.4) is 0 Å². The van der Waals surface area contributed by atoms with Crippen molar-refractivity contribution in [3.8, 4) is 11.3 Å². The lowest BCUT2D eigenvalue weighted by Crippen LogP contribution is -2.36. The molecule has 0 spiro atoms. The third-order valence-corrected chi connectivity index (χ3v) is 5.00. The van der Waals surface area contributed by atoms with Gasteiger partial charge in [-0.3, -0.25) is 0 Å². The summed E-state index contributed by atoms with van der Waals surface area (Å²) in [7, 11) is 0. The van der Waals surface area contributed by atoms with Crippen LogP contribution in [0, 0.1) is 13.8 Å². The molecule has 3 N–H and O–H groups in total. The summed E-state index contributed by atoms with van der Waals surface area (Å²) in [6.07, 6.45) is 1.85. The molecule has 0 aliphatic rings. The van der Waals surface area contributed by atoms with Gasteiger partial charge in [-0.1, -0.05) is 30.3 Å². The number of hydrogen-bond donors (Lipinski definition) is 3. The van der Waals surface area contributed by atoms with Crippen LogP contribution in [0.5, 0.6) is 0 Å². The Morgan fingerprint density at radius 2 is 2.00 bits per heavy atom. The van der Waals surface area contributed by atoms with E-state index < -0.39 is 0 Å². The smallest absolute Gasteiger partial charge is 0.192 e. The molecule has 0 amide bonds. The summed E-state index contributed by atoms with van der Waals surface area (Å²) in [5, 5.41) is 7.65. The third kappa shape index (κ3) is 4.70. The van der Waals surface area contributed by atoms with Crippen molar-refractivity contribution in [3.63, 3.8) is 0 Å². The molecule has 26 heavy (non-hydrogen) atoms. The van der Waals surface area contributed by atoms with E-state index in [-0.39, 0.29) is 0 Å². The molecule has 0 aliphatic carbocycles. The SMILES string of the molecule is CCNC(=NCc1ncc(-c2ccccc2)[nH]1)NCc1nc(C)c(C)s1. The van der Waals surface area contributed by atoms with Gasteiger partial charge in [0.25, 0.3) is 0 Å². The van der Waals surface area contributed by atoms with Crippen LogP contribution < -0.4 is 10.6 Å². The Balaban J connectivity index is 1.63. The number of H-pyrrole nitrogens is 1. The minimum Gasteiger partial charge on any atom is -0.357 e. The molecule has 0 radical (unpaired) electrons. The molecule has 0 saturated heterocycles. The Morgan fingerprint density at radius 3 is 2.69 bits per heavy atom. The molecular formula is C19H24N6S. The second kappa shape index (κ2) is 8.62. The van der Waals surface area contributed by atoms with Crippen molar-refractivity contribution in [1.82, 2.24) is 25.6 Å². The highest BCUT2D eigenvalue weighted by molar-refractivity contribution is 7.11. The van der Waals surface area contributed by atoms with E-state index in [9.17, 15) is 0 Å². The summed E-state index contributed by atoms with van der Waals surface area (Å²) in [4.78, 5) is 18.2. The number of imidazole rings is 1. The van der Waals surface area contributed by atoms with E-state index >= 15 is 0 Å². The zero-order valence-electron chi connectivity index (χ0n) is 15.3. The fourth-order valence-corrected chi connectivity index (χ4v) is 3.35. The van der Waals surface area contributed by atoms with Crippen molar-refractivity contribution in [2.45, 2.75) is 33.9 Å². The van der Waals surface area contributed by atoms with E-state index in [0.29, 0.717) is 13.1 Å². The van der Waals surface area contributed by atoms with E-state index in [1.807, 2.05) is 31.3 Å². The summed E-state index contributed by atoms with van der Waals surface area (Å²) in [5.41, 5.74) is 3.22. The number of aryl methyl sites for hydroxylation is 2. The number of rotatable bonds is 6. The first-order chi connectivity index (χ1) is 12.7. The highest BCUT2D eigenvalue weighted by Crippen LogP contribution is 2.17. The molecule has 6 nitrogen and oxygen atoms in total. The Bertz CT molecular complexity index is 846. The number of benzene rings is 1. The summed E-state index contributed by atoms with van der Waals surface area (Å²) in [5.74, 6) is 1.60. The van der Waals surface area contributed by atoms with Gasteiger partial charge in [-0.2, -0.15) is 0 Å². The van der Waals surface area contributed by atoms with Crippen molar-refractivity contribution in [1.29, 1.82) is 0 Å². The lowest BCUT2D eigenvalue weighted by atomic mass is 10.2. The van der Waals surface area contributed by atoms with Crippen LogP contribution in [0.2, 0.25) is 0 Å². The van der Waals surface area contributed by atoms with Crippen molar-refractivity contribution in [3.05, 3.63) is 57.9 Å². The molecule has 136 valence electrons. The Morgan fingerprint density at radius 1 is 1.19 bits per heavy atom. The Hall–Kier alpha value is -2.67. The van der Waals surface area contributed by atoms with E-state index in [2.05, 4.69) is 56.6 Å². The molecule has 0 atom stereocenters. The van der Waals surface area contributed by atoms with Crippen LogP contribution in [0.25, 0.3) is 11.3 Å². The minimum absolute atomic E-state index is 0.484. The van der Waals surface area contributed by atoms with Crippen molar-refractivity contribution >= 4 is 17.3 Å². The molecule has 2 heterocycles. The van der Waals surface area contributed by atoms with Gasteiger partial charge in [-0.15, -0.1) is 11.3 Å². The average molecular weight is 369 g/mol. The molecule has 0 bridgehead atoms. The molecule has 3 aromatic rings. The average Bonchev–Trinajstić information content (AvgIpc) is 3.25. The van der Waals surface area contributed by atoms with E-state index in [0.717, 1.165) is 40.3 Å². The van der Waals surface area contributed by atoms with Gasteiger partial charge in [0.1, 0.15) is 17.4 Å². The first-order valence-corrected chi connectivity index (χ1v) is 9.51. The molecule has 7 heteroatoms. The summed E-state index contributed by atoms with van der Waals surface area (Å²) >= 11 is 1.71. The van der Waals surface area contributed by atoms with Crippen molar-refractivity contribution in [2.24, 2.45) is 4.99 Å². The fraction of sp³-hybridized carbons (Fsp3) is 0.316. The van der Waals surface area contributed by atoms with Crippen LogP contribution in [0.4, 0.5) is 0 Å². The van der Waals surface area contributed by atoms with Gasteiger partial charge in [0, 0.05) is 11.4 Å². The molecule has 0 aliphatic heterocycles. The number of thiazole rings is 1. The molecule has 0 saturated carbocycles. The molecular weight excluding hydrogens is 344 g/mol. The maximum absolute atomic E-state index is 4.61. The van der Waals surface area contributed by atoms with Gasteiger partial charge in [-0.05, 0) is 26.3 Å². The number of nitrogens with zero attached hydrogens (tertiary/aromatic N) is 3. The van der Waals surface area contributed by atoms with Gasteiger partial charge in [0.2, 0.25) is 0 Å². The van der Waals surface area contributed by atoms with Gasteiger partial charge in [0.05, 0.1) is 24.1 Å². The van der Waals surface area contributed by atoms with Gasteiger partial charge in [0.15, 0.2) is 5.96 Å². The first-order valence-electron chi connectivity index (χ1n) is 8.70. The third-order valence-electron chi connectivity index (χ3n) is 3.92. The van der Waals surface area contributed by atoms with Crippen LogP contribution in [-0.4, -0.2) is 27.5 Å². The number of aromatic nitrogens is 3. The monoisotopic (exact) mass is 368 g/mol. The van der Waals surface area contributed by atoms with E-state index in [1.165, 1.54) is 4.88 Å². The lowest BCUT2D eigenvalue weighted by Gasteiger charge is -2.09. The van der Waals surface area contributed by atoms with E-state index in [1.54, 1.807) is 11.3 Å². The quantitative estimate of drug-likeness (QED) is 0.460. The highest BCUT2D eigenvalue weighted by atomic mass is 32.1. The summed E-state index contributed by atoms with van der Waals surface area (Å²) in [6, 6.07) is 10.2. The zero-order chi connectivity index (χ0) is 18.4. The number of nitrogens with one attached hydrogen (secondary N) is 3. The number of aliphatic imine (C=N–C) groups is 1. The lowest BCUT2D eigenvalue weighted by molar-refractivity contribution is 0.802. The van der Waals surface area contributed by atoms with Crippen LogP contribution in [0.1, 0.15) is 28.3 Å². The molecule has 0 fully saturated rings. The predicted octanol–water partition coefficient (Wildman–Crippen LogP) is 3.41. The van der Waals surface area contributed by atoms with Crippen molar-refractivity contribution < 1.29 is 0 Å². The molecule has 0 unspecified atom stereocenters. The largest absolute Gasteiger partial charge is 0.357 e. The highest BCUT2D eigenvalue weighted by Gasteiger charge is 2.06. The summed E-state index contributed by atoms with van der Waals surface area (Å²) in [6.45, 7) is 8.13. The summed E-state index contributed by atoms with van der Waals surface area (Å²) < 4.78 is 0. The first kappa shape index (κ1) is 18.1. The van der Waals surface area contributed by atoms with Crippen LogP contribution in [0.15, 0.2) is 41.5 Å². The second-order valence-corrected chi connectivity index (χ2v) is 7.20. The molecule has 3 rings (SSSR count). The molecule has 2 aromatic heterocycles. The van der Waals surface area contributed by atoms with Crippen molar-refractivity contribution in [2.75, 3.05) is 6.54 Å². The van der Waals surface area contributed by atoms with Gasteiger partial charge >= 0.3 is 0 Å². The van der Waals surface area contributed by atoms with Crippen LogP contribution >= 0.6 is 11.3 Å². The van der Waals surface area contributed by atoms with Gasteiger partial charge < -0.3 is 15.6 Å². The van der Waals surface area contributed by atoms with E-state index in [4.69, 9.17) is 0 Å². The number of hydrogen-bond acceptors (Lipinski definition) is 4. The fourth-order valence-electron chi connectivity index (χ4n) is 2.48. The minimum atomic E-state index is 0.484. The topological polar surface area (TPSA) is 78.0 Å². The molecule has 1 aromatic carbocycles. The number of aromatic amines is 1. The zero-order valence-corrected chi connectivity index (χ0v) is 16.2. The maximum atomic E-state index is 4.61. The maximum Gasteiger partial charge on any atom is 0.192 e. The Labute approximate surface area is 157 Å². The Kier molecular flexibility index (Phi) is 6.01. The predicted molar refractivity (Wildman–Crippen MR) is 107 cm³/mol.